The number of aliphatic hydroxyl groups excluding tert-OH is 2. The molecule has 0 amide bonds. The number of rotatable bonds is 5. The predicted molar refractivity (Wildman–Crippen MR) is 59.5 cm³/mol. The quantitative estimate of drug-likeness (QED) is 0.559. The van der Waals surface area contributed by atoms with Gasteiger partial charge in [0.1, 0.15) is 0 Å². The van der Waals surface area contributed by atoms with E-state index in [1.54, 1.807) is 12.3 Å². The van der Waals surface area contributed by atoms with Crippen LogP contribution in [-0.4, -0.2) is 33.9 Å². The molecule has 84 valence electrons. The number of nitrogen functional groups attached to an aromatic ring is 1. The Labute approximate surface area is 89.0 Å². The first-order chi connectivity index (χ1) is 7.15. The number of nitrogens with one attached hydrogen (secondary N) is 1. The summed E-state index contributed by atoms with van der Waals surface area (Å²) in [6.45, 7) is 1.60. The third-order valence-corrected chi connectivity index (χ3v) is 2.45. The average molecular weight is 211 g/mol. The Hall–Kier alpha value is -1.33. The fourth-order valence-electron chi connectivity index (χ4n) is 1.27. The van der Waals surface area contributed by atoms with Gasteiger partial charge in [-0.3, -0.25) is 4.98 Å². The summed E-state index contributed by atoms with van der Waals surface area (Å²) in [7, 11) is 0. The van der Waals surface area contributed by atoms with Crippen molar-refractivity contribution in [3.63, 3.8) is 0 Å². The molecule has 5 heteroatoms. The van der Waals surface area contributed by atoms with E-state index >= 15 is 0 Å². The van der Waals surface area contributed by atoms with Gasteiger partial charge < -0.3 is 21.3 Å². The zero-order valence-corrected chi connectivity index (χ0v) is 8.77. The smallest absolute Gasteiger partial charge is 0.0832 e. The van der Waals surface area contributed by atoms with Gasteiger partial charge in [0.25, 0.3) is 0 Å². The van der Waals surface area contributed by atoms with E-state index in [4.69, 9.17) is 5.73 Å². The van der Waals surface area contributed by atoms with E-state index < -0.39 is 5.54 Å². The van der Waals surface area contributed by atoms with E-state index in [0.29, 0.717) is 17.8 Å². The molecular weight excluding hydrogens is 194 g/mol. The predicted octanol–water partition coefficient (Wildman–Crippen LogP) is 0.209. The number of aromatic nitrogens is 1. The fraction of sp³-hybridized carbons (Fsp3) is 0.500. The number of nitrogens with two attached hydrogens (primary N) is 1. The van der Waals surface area contributed by atoms with Gasteiger partial charge in [0.05, 0.1) is 36.3 Å². The average Bonchev–Trinajstić information content (AvgIpc) is 2.26. The number of pyridine rings is 1. The van der Waals surface area contributed by atoms with E-state index in [-0.39, 0.29) is 13.2 Å². The Kier molecular flexibility index (Phi) is 3.88. The summed E-state index contributed by atoms with van der Waals surface area (Å²) in [5.41, 5.74) is 6.10. The van der Waals surface area contributed by atoms with Crippen LogP contribution in [0.4, 0.5) is 11.4 Å². The van der Waals surface area contributed by atoms with Crippen molar-refractivity contribution < 1.29 is 10.2 Å². The summed E-state index contributed by atoms with van der Waals surface area (Å²) < 4.78 is 0. The molecule has 1 aromatic rings. The molecule has 0 aliphatic rings. The minimum Gasteiger partial charge on any atom is -0.397 e. The van der Waals surface area contributed by atoms with Gasteiger partial charge in [-0.05, 0) is 12.5 Å². The van der Waals surface area contributed by atoms with Gasteiger partial charge in [-0.25, -0.2) is 0 Å². The first-order valence-electron chi connectivity index (χ1n) is 4.86. The van der Waals surface area contributed by atoms with Gasteiger partial charge in [-0.1, -0.05) is 6.92 Å². The first kappa shape index (κ1) is 11.7. The Morgan fingerprint density at radius 2 is 2.07 bits per heavy atom. The van der Waals surface area contributed by atoms with Gasteiger partial charge in [-0.2, -0.15) is 0 Å². The molecule has 1 rings (SSSR count). The van der Waals surface area contributed by atoms with E-state index in [1.165, 1.54) is 6.20 Å². The largest absolute Gasteiger partial charge is 0.397 e. The second kappa shape index (κ2) is 4.95. The zero-order chi connectivity index (χ0) is 11.3. The Morgan fingerprint density at radius 3 is 2.53 bits per heavy atom. The summed E-state index contributed by atoms with van der Waals surface area (Å²) in [6, 6.07) is 1.71. The first-order valence-corrected chi connectivity index (χ1v) is 4.86. The van der Waals surface area contributed by atoms with Crippen LogP contribution in [0.5, 0.6) is 0 Å². The number of nitrogens with zero attached hydrogens (tertiary/aromatic N) is 1. The van der Waals surface area contributed by atoms with Crippen LogP contribution in [-0.2, 0) is 0 Å². The molecule has 1 heterocycles. The summed E-state index contributed by atoms with van der Waals surface area (Å²) in [4.78, 5) is 3.92. The van der Waals surface area contributed by atoms with Crippen molar-refractivity contribution in [2.24, 2.45) is 0 Å². The highest BCUT2D eigenvalue weighted by molar-refractivity contribution is 5.52. The van der Waals surface area contributed by atoms with Crippen LogP contribution in [0.15, 0.2) is 18.5 Å². The van der Waals surface area contributed by atoms with E-state index in [9.17, 15) is 10.2 Å². The van der Waals surface area contributed by atoms with Crippen LogP contribution >= 0.6 is 0 Å². The lowest BCUT2D eigenvalue weighted by molar-refractivity contribution is 0.132. The lowest BCUT2D eigenvalue weighted by atomic mass is 9.98. The van der Waals surface area contributed by atoms with Crippen LogP contribution in [0.25, 0.3) is 0 Å². The molecule has 5 N–H and O–H groups in total. The molecule has 0 aromatic carbocycles. The maximum Gasteiger partial charge on any atom is 0.0832 e. The van der Waals surface area contributed by atoms with Crippen LogP contribution in [0, 0.1) is 0 Å². The summed E-state index contributed by atoms with van der Waals surface area (Å²) >= 11 is 0. The van der Waals surface area contributed by atoms with Gasteiger partial charge in [0.2, 0.25) is 0 Å². The second-order valence-corrected chi connectivity index (χ2v) is 3.58. The zero-order valence-electron chi connectivity index (χ0n) is 8.77. The van der Waals surface area contributed by atoms with Crippen LogP contribution in [0.1, 0.15) is 13.3 Å². The van der Waals surface area contributed by atoms with Crippen molar-refractivity contribution >= 4 is 11.4 Å². The lowest BCUT2D eigenvalue weighted by Gasteiger charge is -2.30. The van der Waals surface area contributed by atoms with E-state index in [2.05, 4.69) is 10.3 Å². The van der Waals surface area contributed by atoms with Crippen LogP contribution in [0.3, 0.4) is 0 Å². The van der Waals surface area contributed by atoms with Crippen molar-refractivity contribution in [3.8, 4) is 0 Å². The van der Waals surface area contributed by atoms with Gasteiger partial charge in [-0.15, -0.1) is 0 Å². The van der Waals surface area contributed by atoms with Crippen molar-refractivity contribution in [2.45, 2.75) is 18.9 Å². The molecular formula is C10H17N3O2. The number of aliphatic hydroxyl groups is 2. The molecule has 0 spiro atoms. The molecule has 5 nitrogen and oxygen atoms in total. The molecule has 1 aromatic heterocycles. The normalized spacial score (nSPS) is 11.4. The molecule has 15 heavy (non-hydrogen) atoms. The lowest BCUT2D eigenvalue weighted by Crippen LogP contribution is -2.45. The summed E-state index contributed by atoms with van der Waals surface area (Å²) in [5, 5.41) is 21.5. The third kappa shape index (κ3) is 2.81. The molecule has 0 aliphatic heterocycles. The van der Waals surface area contributed by atoms with Crippen LogP contribution < -0.4 is 11.1 Å². The van der Waals surface area contributed by atoms with Crippen molar-refractivity contribution in [1.82, 2.24) is 4.98 Å². The molecule has 0 saturated carbocycles. The number of anilines is 2. The minimum absolute atomic E-state index is 0.144. The maximum atomic E-state index is 9.23. The Bertz CT molecular complexity index is 305. The summed E-state index contributed by atoms with van der Waals surface area (Å²) in [6.07, 6.45) is 3.75. The van der Waals surface area contributed by atoms with E-state index in [0.717, 1.165) is 0 Å². The van der Waals surface area contributed by atoms with Crippen molar-refractivity contribution in [3.05, 3.63) is 18.5 Å². The van der Waals surface area contributed by atoms with Gasteiger partial charge >= 0.3 is 0 Å². The monoisotopic (exact) mass is 211 g/mol. The third-order valence-electron chi connectivity index (χ3n) is 2.45. The molecule has 0 aliphatic carbocycles. The summed E-state index contributed by atoms with van der Waals surface area (Å²) in [5.74, 6) is 0. The highest BCUT2D eigenvalue weighted by Gasteiger charge is 2.26. The number of hydrogen-bond acceptors (Lipinski definition) is 5. The fourth-order valence-corrected chi connectivity index (χ4v) is 1.27. The Balaban J connectivity index is 2.82. The Morgan fingerprint density at radius 1 is 1.40 bits per heavy atom. The SMILES string of the molecule is CCC(CO)(CO)Nc1cncc(N)c1. The maximum absolute atomic E-state index is 9.23. The highest BCUT2D eigenvalue weighted by Crippen LogP contribution is 2.18. The molecule has 0 saturated heterocycles. The molecule has 0 fully saturated rings. The number of hydrogen-bond donors (Lipinski definition) is 4. The second-order valence-electron chi connectivity index (χ2n) is 3.58. The van der Waals surface area contributed by atoms with Crippen molar-refractivity contribution in [2.75, 3.05) is 24.3 Å². The highest BCUT2D eigenvalue weighted by atomic mass is 16.3. The van der Waals surface area contributed by atoms with Gasteiger partial charge in [0.15, 0.2) is 0 Å². The molecule has 0 unspecified atom stereocenters. The van der Waals surface area contributed by atoms with Gasteiger partial charge in [0, 0.05) is 6.20 Å². The topological polar surface area (TPSA) is 91.4 Å². The minimum atomic E-state index is -0.713. The molecule has 0 radical (unpaired) electrons. The molecule has 0 atom stereocenters. The standard InChI is InChI=1S/C10H17N3O2/c1-2-10(6-14,7-15)13-9-3-8(11)4-12-5-9/h3-5,13-15H,2,6-7,11H2,1H3. The molecule has 0 bridgehead atoms. The van der Waals surface area contributed by atoms with E-state index in [1.807, 2.05) is 6.92 Å². The van der Waals surface area contributed by atoms with Crippen molar-refractivity contribution in [1.29, 1.82) is 0 Å². The van der Waals surface area contributed by atoms with Crippen LogP contribution in [0.2, 0.25) is 0 Å².